The Labute approximate surface area is 219 Å². The van der Waals surface area contributed by atoms with E-state index >= 15 is 0 Å². The Kier molecular flexibility index (Phi) is 7.37. The van der Waals surface area contributed by atoms with Crippen LogP contribution >= 0.6 is 0 Å². The minimum absolute atomic E-state index is 0.0111. The number of hydrogen-bond acceptors (Lipinski definition) is 5. The number of fused-ring (bicyclic) bond motifs is 1. The first-order chi connectivity index (χ1) is 18.0. The zero-order valence-electron chi connectivity index (χ0n) is 21.9. The molecular weight excluding hydrogens is 460 g/mol. The van der Waals surface area contributed by atoms with E-state index in [1.54, 1.807) is 0 Å². The minimum Gasteiger partial charge on any atom is -0.338 e. The number of nitrogens with zero attached hydrogens (tertiary/aromatic N) is 4. The molecule has 0 unspecified atom stereocenters. The lowest BCUT2D eigenvalue weighted by Gasteiger charge is -2.30. The summed E-state index contributed by atoms with van der Waals surface area (Å²) in [6.07, 6.45) is 0.948. The van der Waals surface area contributed by atoms with Crippen molar-refractivity contribution in [2.75, 3.05) is 38.6 Å². The SMILES string of the molecule is Cc1ccc(C(=O)N(CCN(C)C)Cc2c(-c3ccccc3)noc2N2CCc3ccccc3C2)cc1. The van der Waals surface area contributed by atoms with Crippen molar-refractivity contribution in [1.82, 2.24) is 15.0 Å². The smallest absolute Gasteiger partial charge is 0.254 e. The van der Waals surface area contributed by atoms with Gasteiger partial charge in [0.25, 0.3) is 5.91 Å². The van der Waals surface area contributed by atoms with Crippen molar-refractivity contribution in [3.8, 4) is 11.3 Å². The van der Waals surface area contributed by atoms with Gasteiger partial charge in [0.15, 0.2) is 0 Å². The van der Waals surface area contributed by atoms with Gasteiger partial charge in [-0.2, -0.15) is 0 Å². The Balaban J connectivity index is 1.52. The van der Waals surface area contributed by atoms with Gasteiger partial charge in [0, 0.05) is 37.3 Å². The molecule has 0 radical (unpaired) electrons. The molecule has 1 aliphatic rings. The van der Waals surface area contributed by atoms with Crippen molar-refractivity contribution in [3.63, 3.8) is 0 Å². The van der Waals surface area contributed by atoms with Gasteiger partial charge in [-0.1, -0.05) is 77.5 Å². The lowest BCUT2D eigenvalue weighted by molar-refractivity contribution is 0.0732. The first-order valence-electron chi connectivity index (χ1n) is 12.9. The number of amides is 1. The van der Waals surface area contributed by atoms with E-state index in [1.807, 2.05) is 80.5 Å². The van der Waals surface area contributed by atoms with Crippen LogP contribution in [0.3, 0.4) is 0 Å². The van der Waals surface area contributed by atoms with Crippen molar-refractivity contribution >= 4 is 11.8 Å². The van der Waals surface area contributed by atoms with E-state index in [4.69, 9.17) is 4.52 Å². The van der Waals surface area contributed by atoms with Gasteiger partial charge in [-0.05, 0) is 50.7 Å². The molecule has 1 aromatic heterocycles. The van der Waals surface area contributed by atoms with Crippen molar-refractivity contribution in [2.45, 2.75) is 26.4 Å². The lowest BCUT2D eigenvalue weighted by atomic mass is 9.99. The minimum atomic E-state index is 0.0111. The Morgan fingerprint density at radius 3 is 2.35 bits per heavy atom. The third-order valence-corrected chi connectivity index (χ3v) is 6.98. The largest absolute Gasteiger partial charge is 0.338 e. The van der Waals surface area contributed by atoms with Crippen LogP contribution in [0.25, 0.3) is 11.3 Å². The molecule has 0 saturated heterocycles. The van der Waals surface area contributed by atoms with Crippen LogP contribution in [0.1, 0.15) is 32.6 Å². The molecule has 2 heterocycles. The average Bonchev–Trinajstić information content (AvgIpc) is 3.34. The van der Waals surface area contributed by atoms with Gasteiger partial charge in [0.1, 0.15) is 5.69 Å². The second kappa shape index (κ2) is 11.0. The van der Waals surface area contributed by atoms with Crippen LogP contribution in [0.4, 0.5) is 5.88 Å². The molecule has 190 valence electrons. The summed E-state index contributed by atoms with van der Waals surface area (Å²) in [6.45, 7) is 5.41. The molecule has 0 fully saturated rings. The molecule has 6 heteroatoms. The zero-order chi connectivity index (χ0) is 25.8. The summed E-state index contributed by atoms with van der Waals surface area (Å²) in [7, 11) is 4.06. The molecule has 0 spiro atoms. The number of hydrogen-bond donors (Lipinski definition) is 0. The Morgan fingerprint density at radius 1 is 0.919 bits per heavy atom. The second-order valence-electron chi connectivity index (χ2n) is 10.0. The van der Waals surface area contributed by atoms with Crippen LogP contribution < -0.4 is 4.90 Å². The number of aryl methyl sites for hydroxylation is 1. The zero-order valence-corrected chi connectivity index (χ0v) is 21.9. The number of benzene rings is 3. The van der Waals surface area contributed by atoms with Crippen LogP contribution in [0, 0.1) is 6.92 Å². The topological polar surface area (TPSA) is 52.8 Å². The van der Waals surface area contributed by atoms with E-state index in [0.29, 0.717) is 18.7 Å². The van der Waals surface area contributed by atoms with Crippen molar-refractivity contribution in [2.24, 2.45) is 0 Å². The van der Waals surface area contributed by atoms with Gasteiger partial charge in [-0.25, -0.2) is 0 Å². The molecule has 6 nitrogen and oxygen atoms in total. The summed E-state index contributed by atoms with van der Waals surface area (Å²) in [5.41, 5.74) is 7.24. The first kappa shape index (κ1) is 24.8. The number of aromatic nitrogens is 1. The summed E-state index contributed by atoms with van der Waals surface area (Å²) in [5.74, 6) is 0.761. The summed E-state index contributed by atoms with van der Waals surface area (Å²) in [4.78, 5) is 20.0. The Bertz CT molecular complexity index is 1350. The normalized spacial score (nSPS) is 13.0. The summed E-state index contributed by atoms with van der Waals surface area (Å²) in [6, 6.07) is 26.5. The van der Waals surface area contributed by atoms with Crippen LogP contribution in [0.15, 0.2) is 83.4 Å². The number of carbonyl (C=O) groups is 1. The van der Waals surface area contributed by atoms with Crippen molar-refractivity contribution in [1.29, 1.82) is 0 Å². The molecule has 0 N–H and O–H groups in total. The third-order valence-electron chi connectivity index (χ3n) is 6.98. The van der Waals surface area contributed by atoms with Gasteiger partial charge in [-0.15, -0.1) is 0 Å². The van der Waals surface area contributed by atoms with Gasteiger partial charge in [0.05, 0.1) is 12.1 Å². The maximum absolute atomic E-state index is 13.7. The fourth-order valence-electron chi connectivity index (χ4n) is 4.83. The molecule has 5 rings (SSSR count). The maximum Gasteiger partial charge on any atom is 0.254 e. The predicted octanol–water partition coefficient (Wildman–Crippen LogP) is 5.42. The van der Waals surface area contributed by atoms with Crippen LogP contribution in [0.5, 0.6) is 0 Å². The fraction of sp³-hybridized carbons (Fsp3) is 0.290. The summed E-state index contributed by atoms with van der Waals surface area (Å²) in [5, 5.41) is 4.54. The molecule has 4 aromatic rings. The van der Waals surface area contributed by atoms with E-state index in [-0.39, 0.29) is 5.91 Å². The van der Waals surface area contributed by atoms with E-state index < -0.39 is 0 Å². The van der Waals surface area contributed by atoms with Crippen LogP contribution in [0.2, 0.25) is 0 Å². The molecule has 0 atom stereocenters. The van der Waals surface area contributed by atoms with E-state index in [9.17, 15) is 4.79 Å². The van der Waals surface area contributed by atoms with Gasteiger partial charge < -0.3 is 19.2 Å². The van der Waals surface area contributed by atoms with Crippen molar-refractivity contribution in [3.05, 3.63) is 107 Å². The molecule has 1 amide bonds. The van der Waals surface area contributed by atoms with E-state index in [0.717, 1.165) is 54.3 Å². The highest BCUT2D eigenvalue weighted by molar-refractivity contribution is 5.94. The summed E-state index contributed by atoms with van der Waals surface area (Å²) < 4.78 is 6.06. The van der Waals surface area contributed by atoms with Crippen LogP contribution in [-0.4, -0.2) is 54.6 Å². The molecule has 1 aliphatic heterocycles. The Morgan fingerprint density at radius 2 is 1.62 bits per heavy atom. The first-order valence-corrected chi connectivity index (χ1v) is 12.9. The number of carbonyl (C=O) groups excluding carboxylic acids is 1. The molecule has 0 saturated carbocycles. The quantitative estimate of drug-likeness (QED) is 0.328. The predicted molar refractivity (Wildman–Crippen MR) is 148 cm³/mol. The van der Waals surface area contributed by atoms with Crippen LogP contribution in [-0.2, 0) is 19.5 Å². The monoisotopic (exact) mass is 494 g/mol. The molecule has 37 heavy (non-hydrogen) atoms. The lowest BCUT2D eigenvalue weighted by Crippen LogP contribution is -2.37. The van der Waals surface area contributed by atoms with E-state index in [1.165, 1.54) is 11.1 Å². The number of likely N-dealkylation sites (N-methyl/N-ethyl adjacent to an activating group) is 1. The fourth-order valence-corrected chi connectivity index (χ4v) is 4.83. The highest BCUT2D eigenvalue weighted by Gasteiger charge is 2.28. The van der Waals surface area contributed by atoms with E-state index in [2.05, 4.69) is 39.2 Å². The van der Waals surface area contributed by atoms with Gasteiger partial charge >= 0.3 is 0 Å². The highest BCUT2D eigenvalue weighted by Crippen LogP contribution is 2.35. The molecule has 0 bridgehead atoms. The molecular formula is C31H34N4O2. The third kappa shape index (κ3) is 5.59. The number of rotatable bonds is 8. The van der Waals surface area contributed by atoms with Gasteiger partial charge in [0.2, 0.25) is 5.88 Å². The Hall–Kier alpha value is -3.90. The van der Waals surface area contributed by atoms with Crippen molar-refractivity contribution < 1.29 is 9.32 Å². The second-order valence-corrected chi connectivity index (χ2v) is 10.0. The van der Waals surface area contributed by atoms with Gasteiger partial charge in [-0.3, -0.25) is 4.79 Å². The summed E-state index contributed by atoms with van der Waals surface area (Å²) >= 11 is 0. The molecule has 3 aromatic carbocycles. The highest BCUT2D eigenvalue weighted by atomic mass is 16.5. The maximum atomic E-state index is 13.7. The molecule has 0 aliphatic carbocycles. The average molecular weight is 495 g/mol. The standard InChI is InChI=1S/C31H34N4O2/c1-23-13-15-26(16-14-23)30(36)34(20-19-33(2)3)22-28-29(25-10-5-4-6-11-25)32-37-31(28)35-18-17-24-9-7-8-12-27(24)21-35/h4-16H,17-22H2,1-3H3. The number of anilines is 1.